The summed E-state index contributed by atoms with van der Waals surface area (Å²) in [5.41, 5.74) is 1.42. The molecule has 2 aromatic heterocycles. The largest absolute Gasteiger partial charge is 0.478 e. The predicted octanol–water partition coefficient (Wildman–Crippen LogP) is 1.73. The summed E-state index contributed by atoms with van der Waals surface area (Å²) in [5.74, 6) is -1.51. The molecule has 7 nitrogen and oxygen atoms in total. The lowest BCUT2D eigenvalue weighted by Gasteiger charge is -2.01. The number of hydrogen-bond donors (Lipinski definition) is 2. The zero-order valence-electron chi connectivity index (χ0n) is 10.5. The summed E-state index contributed by atoms with van der Waals surface area (Å²) >= 11 is 0. The van der Waals surface area contributed by atoms with E-state index in [1.807, 2.05) is 0 Å². The lowest BCUT2D eigenvalue weighted by atomic mass is 10.2. The predicted molar refractivity (Wildman–Crippen MR) is 70.1 cm³/mol. The number of aromatic nitrogens is 2. The van der Waals surface area contributed by atoms with Crippen LogP contribution in [0.25, 0.3) is 6.08 Å². The van der Waals surface area contributed by atoms with Gasteiger partial charge in [0.05, 0.1) is 11.3 Å². The van der Waals surface area contributed by atoms with Gasteiger partial charge in [-0.3, -0.25) is 15.1 Å². The van der Waals surface area contributed by atoms with Crippen LogP contribution >= 0.6 is 0 Å². The molecule has 0 atom stereocenters. The Morgan fingerprint density at radius 2 is 2.20 bits per heavy atom. The number of carboxylic acid groups (broad SMARTS) is 1. The molecule has 0 bridgehead atoms. The van der Waals surface area contributed by atoms with E-state index in [1.54, 1.807) is 6.92 Å². The molecule has 20 heavy (non-hydrogen) atoms. The van der Waals surface area contributed by atoms with Crippen LogP contribution in [0.4, 0.5) is 6.01 Å². The van der Waals surface area contributed by atoms with E-state index in [1.165, 1.54) is 30.8 Å². The number of aliphatic carboxylic acids is 1. The van der Waals surface area contributed by atoms with Crippen LogP contribution in [0.2, 0.25) is 0 Å². The van der Waals surface area contributed by atoms with E-state index < -0.39 is 11.9 Å². The van der Waals surface area contributed by atoms with Crippen LogP contribution in [0.1, 0.15) is 21.6 Å². The maximum Gasteiger partial charge on any atom is 0.328 e. The molecule has 0 unspecified atom stereocenters. The maximum atomic E-state index is 11.9. The zero-order chi connectivity index (χ0) is 14.5. The lowest BCUT2D eigenvalue weighted by molar-refractivity contribution is -0.131. The lowest BCUT2D eigenvalue weighted by Crippen LogP contribution is -2.12. The molecule has 2 heterocycles. The van der Waals surface area contributed by atoms with Gasteiger partial charge in [0.25, 0.3) is 5.91 Å². The van der Waals surface area contributed by atoms with Crippen LogP contribution in [0.5, 0.6) is 0 Å². The minimum Gasteiger partial charge on any atom is -0.478 e. The number of oxazole rings is 1. The number of hydrogen-bond acceptors (Lipinski definition) is 5. The van der Waals surface area contributed by atoms with Gasteiger partial charge in [-0.1, -0.05) is 0 Å². The van der Waals surface area contributed by atoms with Crippen molar-refractivity contribution in [3.63, 3.8) is 0 Å². The molecule has 0 radical (unpaired) electrons. The molecule has 0 saturated heterocycles. The van der Waals surface area contributed by atoms with E-state index >= 15 is 0 Å². The number of carboxylic acids is 1. The van der Waals surface area contributed by atoms with Crippen molar-refractivity contribution < 1.29 is 19.1 Å². The van der Waals surface area contributed by atoms with E-state index in [0.717, 1.165) is 6.08 Å². The van der Waals surface area contributed by atoms with Gasteiger partial charge in [0.2, 0.25) is 0 Å². The molecule has 2 rings (SSSR count). The van der Waals surface area contributed by atoms with Crippen LogP contribution < -0.4 is 5.32 Å². The summed E-state index contributed by atoms with van der Waals surface area (Å²) in [4.78, 5) is 30.2. The minimum atomic E-state index is -1.07. The maximum absolute atomic E-state index is 11.9. The highest BCUT2D eigenvalue weighted by Crippen LogP contribution is 2.10. The molecular formula is C13H11N3O4. The van der Waals surface area contributed by atoms with Crippen molar-refractivity contribution in [3.05, 3.63) is 47.6 Å². The van der Waals surface area contributed by atoms with E-state index in [4.69, 9.17) is 9.52 Å². The minimum absolute atomic E-state index is 0.0963. The van der Waals surface area contributed by atoms with Gasteiger partial charge in [-0.05, 0) is 24.6 Å². The third-order valence-electron chi connectivity index (χ3n) is 2.28. The molecule has 0 aliphatic heterocycles. The molecule has 0 aliphatic carbocycles. The number of nitrogens with one attached hydrogen (secondary N) is 1. The molecular weight excluding hydrogens is 262 g/mol. The van der Waals surface area contributed by atoms with Gasteiger partial charge in [0.15, 0.2) is 0 Å². The number of carbonyl (C=O) groups excluding carboxylic acids is 1. The summed E-state index contributed by atoms with van der Waals surface area (Å²) in [5, 5.41) is 11.0. The van der Waals surface area contributed by atoms with Gasteiger partial charge in [0.1, 0.15) is 6.26 Å². The van der Waals surface area contributed by atoms with E-state index in [0.29, 0.717) is 11.3 Å². The first kappa shape index (κ1) is 13.5. The highest BCUT2D eigenvalue weighted by atomic mass is 16.4. The fraction of sp³-hybridized carbons (Fsp3) is 0.0769. The first-order valence-electron chi connectivity index (χ1n) is 5.64. The van der Waals surface area contributed by atoms with Crippen LogP contribution in [0.15, 0.2) is 35.2 Å². The van der Waals surface area contributed by atoms with Crippen molar-refractivity contribution in [1.29, 1.82) is 0 Å². The Balaban J connectivity index is 2.14. The summed E-state index contributed by atoms with van der Waals surface area (Å²) in [6.45, 7) is 1.73. The van der Waals surface area contributed by atoms with Gasteiger partial charge >= 0.3 is 12.0 Å². The Kier molecular flexibility index (Phi) is 3.90. The fourth-order valence-electron chi connectivity index (χ4n) is 1.42. The third-order valence-corrected chi connectivity index (χ3v) is 2.28. The molecule has 0 saturated carbocycles. The highest BCUT2D eigenvalue weighted by Gasteiger charge is 2.10. The van der Waals surface area contributed by atoms with E-state index in [9.17, 15) is 9.59 Å². The quantitative estimate of drug-likeness (QED) is 0.822. The molecule has 0 fully saturated rings. The summed E-state index contributed by atoms with van der Waals surface area (Å²) < 4.78 is 5.01. The van der Waals surface area contributed by atoms with Crippen LogP contribution in [-0.2, 0) is 4.79 Å². The Morgan fingerprint density at radius 1 is 1.40 bits per heavy atom. The number of pyridine rings is 1. The van der Waals surface area contributed by atoms with Gasteiger partial charge in [-0.15, -0.1) is 0 Å². The third kappa shape index (κ3) is 3.52. The van der Waals surface area contributed by atoms with Gasteiger partial charge < -0.3 is 9.52 Å². The molecule has 7 heteroatoms. The van der Waals surface area contributed by atoms with Gasteiger partial charge in [-0.25, -0.2) is 4.79 Å². The topological polar surface area (TPSA) is 105 Å². The first-order valence-corrected chi connectivity index (χ1v) is 5.64. The standard InChI is InChI=1S/C13H11N3O4/c1-8-7-20-13(15-8)16-12(19)10-4-9(5-14-6-10)2-3-11(17)18/h2-7H,1H3,(H,17,18)(H,15,16,19)/b3-2+. The van der Waals surface area contributed by atoms with Crippen LogP contribution in [0.3, 0.4) is 0 Å². The van der Waals surface area contributed by atoms with Crippen molar-refractivity contribution in [2.24, 2.45) is 0 Å². The average Bonchev–Trinajstić information content (AvgIpc) is 2.82. The number of aryl methyl sites for hydroxylation is 1. The number of rotatable bonds is 4. The molecule has 102 valence electrons. The van der Waals surface area contributed by atoms with Gasteiger partial charge in [0, 0.05) is 18.5 Å². The SMILES string of the molecule is Cc1coc(NC(=O)c2cncc(/C=C/C(=O)O)c2)n1. The van der Waals surface area contributed by atoms with Gasteiger partial charge in [-0.2, -0.15) is 4.98 Å². The van der Waals surface area contributed by atoms with Crippen molar-refractivity contribution in [3.8, 4) is 0 Å². The first-order chi connectivity index (χ1) is 9.54. The van der Waals surface area contributed by atoms with Crippen LogP contribution in [-0.4, -0.2) is 27.0 Å². The molecule has 1 amide bonds. The number of anilines is 1. The van der Waals surface area contributed by atoms with Crippen LogP contribution in [0, 0.1) is 6.92 Å². The van der Waals surface area contributed by atoms with E-state index in [2.05, 4.69) is 15.3 Å². The Labute approximate surface area is 114 Å². The second-order valence-corrected chi connectivity index (χ2v) is 3.93. The number of amides is 1. The Hall–Kier alpha value is -2.96. The Morgan fingerprint density at radius 3 is 2.85 bits per heavy atom. The normalized spacial score (nSPS) is 10.7. The number of nitrogens with zero attached hydrogens (tertiary/aromatic N) is 2. The zero-order valence-corrected chi connectivity index (χ0v) is 10.5. The molecule has 2 aromatic rings. The highest BCUT2D eigenvalue weighted by molar-refractivity contribution is 6.03. The second kappa shape index (κ2) is 5.79. The average molecular weight is 273 g/mol. The van der Waals surface area contributed by atoms with Crippen molar-refractivity contribution in [2.75, 3.05) is 5.32 Å². The van der Waals surface area contributed by atoms with Crippen molar-refractivity contribution in [1.82, 2.24) is 9.97 Å². The summed E-state index contributed by atoms with van der Waals surface area (Å²) in [7, 11) is 0. The summed E-state index contributed by atoms with van der Waals surface area (Å²) in [6.07, 6.45) is 6.55. The number of carbonyl (C=O) groups is 2. The van der Waals surface area contributed by atoms with Crippen molar-refractivity contribution in [2.45, 2.75) is 6.92 Å². The van der Waals surface area contributed by atoms with Crippen molar-refractivity contribution >= 4 is 24.0 Å². The van der Waals surface area contributed by atoms with E-state index in [-0.39, 0.29) is 11.6 Å². The smallest absolute Gasteiger partial charge is 0.328 e. The molecule has 0 aromatic carbocycles. The molecule has 2 N–H and O–H groups in total. The fourth-order valence-corrected chi connectivity index (χ4v) is 1.42. The Bertz CT molecular complexity index is 676. The molecule has 0 aliphatic rings. The summed E-state index contributed by atoms with van der Waals surface area (Å²) in [6, 6.07) is 1.61. The molecule has 0 spiro atoms. The second-order valence-electron chi connectivity index (χ2n) is 3.93. The monoisotopic (exact) mass is 273 g/mol.